The SMILES string of the molecule is CC(C)(C)C(=O)C(=Cn1cncn1)Oc1ccc(F)cc1. The van der Waals surface area contributed by atoms with Gasteiger partial charge in [0.1, 0.15) is 24.2 Å². The van der Waals surface area contributed by atoms with Gasteiger partial charge in [0, 0.05) is 5.41 Å². The zero-order valence-electron chi connectivity index (χ0n) is 12.1. The molecule has 0 atom stereocenters. The Bertz CT molecular complexity index is 641. The van der Waals surface area contributed by atoms with Gasteiger partial charge in [0.15, 0.2) is 5.76 Å². The quantitative estimate of drug-likeness (QED) is 0.641. The third-order valence-corrected chi connectivity index (χ3v) is 2.63. The summed E-state index contributed by atoms with van der Waals surface area (Å²) in [4.78, 5) is 16.2. The second-order valence-electron chi connectivity index (χ2n) is 5.50. The predicted molar refractivity (Wildman–Crippen MR) is 75.8 cm³/mol. The van der Waals surface area contributed by atoms with E-state index >= 15 is 0 Å². The molecule has 0 radical (unpaired) electrons. The Morgan fingerprint density at radius 1 is 1.29 bits per heavy atom. The molecule has 0 aliphatic rings. The van der Waals surface area contributed by atoms with Crippen molar-refractivity contribution in [2.45, 2.75) is 20.8 Å². The number of nitrogens with zero attached hydrogens (tertiary/aromatic N) is 3. The van der Waals surface area contributed by atoms with E-state index in [2.05, 4.69) is 10.1 Å². The number of halogens is 1. The number of rotatable bonds is 4. The standard InChI is InChI=1S/C15H16FN3O2/c1-15(2,3)14(20)13(8-19-10-17-9-18-19)21-12-6-4-11(16)5-7-12/h4-10H,1-3H3. The number of hydrogen-bond acceptors (Lipinski definition) is 4. The Balaban J connectivity index is 2.32. The Kier molecular flexibility index (Phi) is 4.16. The molecule has 6 heteroatoms. The fourth-order valence-corrected chi connectivity index (χ4v) is 1.53. The van der Waals surface area contributed by atoms with Gasteiger partial charge in [0.25, 0.3) is 0 Å². The van der Waals surface area contributed by atoms with Crippen molar-refractivity contribution in [1.82, 2.24) is 14.8 Å². The van der Waals surface area contributed by atoms with Crippen LogP contribution in [0.2, 0.25) is 0 Å². The highest BCUT2D eigenvalue weighted by atomic mass is 19.1. The van der Waals surface area contributed by atoms with Crippen molar-refractivity contribution < 1.29 is 13.9 Å². The Labute approximate surface area is 122 Å². The topological polar surface area (TPSA) is 57.0 Å². The van der Waals surface area contributed by atoms with Gasteiger partial charge >= 0.3 is 0 Å². The summed E-state index contributed by atoms with van der Waals surface area (Å²) in [6.45, 7) is 5.37. The van der Waals surface area contributed by atoms with Crippen LogP contribution in [0.3, 0.4) is 0 Å². The van der Waals surface area contributed by atoms with Crippen molar-refractivity contribution in [2.75, 3.05) is 0 Å². The van der Waals surface area contributed by atoms with Crippen LogP contribution in [0.4, 0.5) is 4.39 Å². The van der Waals surface area contributed by atoms with E-state index < -0.39 is 5.41 Å². The van der Waals surface area contributed by atoms with Gasteiger partial charge in [-0.2, -0.15) is 5.10 Å². The van der Waals surface area contributed by atoms with Crippen molar-refractivity contribution in [3.8, 4) is 5.75 Å². The molecule has 0 saturated carbocycles. The first-order valence-electron chi connectivity index (χ1n) is 6.40. The van der Waals surface area contributed by atoms with Crippen molar-refractivity contribution in [3.05, 3.63) is 48.5 Å². The van der Waals surface area contributed by atoms with E-state index in [-0.39, 0.29) is 17.4 Å². The number of ketones is 1. The lowest BCUT2D eigenvalue weighted by Gasteiger charge is -2.19. The molecule has 0 aliphatic carbocycles. The summed E-state index contributed by atoms with van der Waals surface area (Å²) in [6.07, 6.45) is 4.25. The van der Waals surface area contributed by atoms with E-state index in [0.717, 1.165) is 0 Å². The van der Waals surface area contributed by atoms with Crippen LogP contribution in [0.1, 0.15) is 20.8 Å². The van der Waals surface area contributed by atoms with Crippen molar-refractivity contribution >= 4 is 12.0 Å². The fourth-order valence-electron chi connectivity index (χ4n) is 1.53. The predicted octanol–water partition coefficient (Wildman–Crippen LogP) is 2.91. The van der Waals surface area contributed by atoms with Crippen LogP contribution in [0.5, 0.6) is 5.75 Å². The number of carbonyl (C=O) groups excluding carboxylic acids is 1. The molecule has 0 bridgehead atoms. The van der Waals surface area contributed by atoms with Crippen LogP contribution in [0.25, 0.3) is 6.20 Å². The van der Waals surface area contributed by atoms with E-state index in [1.54, 1.807) is 20.8 Å². The van der Waals surface area contributed by atoms with Gasteiger partial charge in [-0.15, -0.1) is 0 Å². The van der Waals surface area contributed by atoms with Crippen LogP contribution >= 0.6 is 0 Å². The van der Waals surface area contributed by atoms with Crippen LogP contribution in [0.15, 0.2) is 42.7 Å². The first-order valence-corrected chi connectivity index (χ1v) is 6.40. The lowest BCUT2D eigenvalue weighted by Crippen LogP contribution is -2.25. The largest absolute Gasteiger partial charge is 0.452 e. The molecule has 0 aliphatic heterocycles. The minimum absolute atomic E-state index is 0.111. The normalized spacial score (nSPS) is 12.3. The lowest BCUT2D eigenvalue weighted by molar-refractivity contribution is -0.124. The summed E-state index contributed by atoms with van der Waals surface area (Å²) in [5.41, 5.74) is -0.619. The molecule has 110 valence electrons. The molecule has 1 heterocycles. The maximum Gasteiger partial charge on any atom is 0.204 e. The van der Waals surface area contributed by atoms with E-state index in [1.165, 1.54) is 47.8 Å². The molecule has 5 nitrogen and oxygen atoms in total. The summed E-state index contributed by atoms with van der Waals surface area (Å²) in [6, 6.07) is 5.45. The smallest absolute Gasteiger partial charge is 0.204 e. The third kappa shape index (κ3) is 3.98. The van der Waals surface area contributed by atoms with Crippen molar-refractivity contribution in [2.24, 2.45) is 5.41 Å². The lowest BCUT2D eigenvalue weighted by atomic mass is 9.90. The first-order chi connectivity index (χ1) is 9.86. The average Bonchev–Trinajstić information content (AvgIpc) is 2.91. The number of allylic oxidation sites excluding steroid dienone is 1. The number of benzene rings is 1. The Hall–Kier alpha value is -2.50. The summed E-state index contributed by atoms with van der Waals surface area (Å²) in [5, 5.41) is 3.91. The summed E-state index contributed by atoms with van der Waals surface area (Å²) in [5.74, 6) is -0.0754. The molecule has 0 fully saturated rings. The van der Waals surface area contributed by atoms with Crippen molar-refractivity contribution in [1.29, 1.82) is 0 Å². The zero-order valence-corrected chi connectivity index (χ0v) is 12.1. The molecule has 2 aromatic rings. The molecule has 1 aromatic heterocycles. The second-order valence-corrected chi connectivity index (χ2v) is 5.50. The summed E-state index contributed by atoms with van der Waals surface area (Å²) in [7, 11) is 0. The average molecular weight is 289 g/mol. The fraction of sp³-hybridized carbons (Fsp3) is 0.267. The molecular formula is C15H16FN3O2. The van der Waals surface area contributed by atoms with E-state index in [0.29, 0.717) is 5.75 Å². The number of Topliss-reactive ketones (excluding diaryl/α,β-unsaturated/α-hetero) is 1. The minimum Gasteiger partial charge on any atom is -0.452 e. The highest BCUT2D eigenvalue weighted by Crippen LogP contribution is 2.23. The van der Waals surface area contributed by atoms with Crippen LogP contribution in [-0.2, 0) is 4.79 Å². The van der Waals surface area contributed by atoms with Gasteiger partial charge < -0.3 is 4.74 Å². The van der Waals surface area contributed by atoms with Gasteiger partial charge in [0.2, 0.25) is 5.78 Å². The molecule has 1 aromatic carbocycles. The molecule has 0 saturated heterocycles. The Morgan fingerprint density at radius 3 is 2.48 bits per heavy atom. The monoisotopic (exact) mass is 289 g/mol. The van der Waals surface area contributed by atoms with Crippen LogP contribution < -0.4 is 4.74 Å². The number of aromatic nitrogens is 3. The third-order valence-electron chi connectivity index (χ3n) is 2.63. The van der Waals surface area contributed by atoms with E-state index in [9.17, 15) is 9.18 Å². The zero-order chi connectivity index (χ0) is 15.5. The maximum atomic E-state index is 12.9. The molecule has 0 N–H and O–H groups in total. The molecule has 0 unspecified atom stereocenters. The second kappa shape index (κ2) is 5.87. The van der Waals surface area contributed by atoms with Gasteiger partial charge in [-0.3, -0.25) is 4.79 Å². The highest BCUT2D eigenvalue weighted by Gasteiger charge is 2.27. The minimum atomic E-state index is -0.619. The molecule has 2 rings (SSSR count). The molecule has 0 amide bonds. The Morgan fingerprint density at radius 2 is 1.95 bits per heavy atom. The van der Waals surface area contributed by atoms with Gasteiger partial charge in [0.05, 0.1) is 6.20 Å². The van der Waals surface area contributed by atoms with Crippen LogP contribution in [0, 0.1) is 11.2 Å². The number of carbonyl (C=O) groups is 1. The number of hydrogen-bond donors (Lipinski definition) is 0. The molecule has 21 heavy (non-hydrogen) atoms. The van der Waals surface area contributed by atoms with Gasteiger partial charge in [-0.05, 0) is 24.3 Å². The molecular weight excluding hydrogens is 273 g/mol. The maximum absolute atomic E-state index is 12.9. The van der Waals surface area contributed by atoms with E-state index in [1.807, 2.05) is 0 Å². The number of ether oxygens (including phenoxy) is 1. The van der Waals surface area contributed by atoms with Crippen molar-refractivity contribution in [3.63, 3.8) is 0 Å². The van der Waals surface area contributed by atoms with Gasteiger partial charge in [-0.1, -0.05) is 20.8 Å². The summed E-state index contributed by atoms with van der Waals surface area (Å²) < 4.78 is 19.9. The summed E-state index contributed by atoms with van der Waals surface area (Å²) >= 11 is 0. The van der Waals surface area contributed by atoms with E-state index in [4.69, 9.17) is 4.74 Å². The first kappa shape index (κ1) is 14.9. The highest BCUT2D eigenvalue weighted by molar-refractivity contribution is 6.00. The molecule has 0 spiro atoms. The van der Waals surface area contributed by atoms with Gasteiger partial charge in [-0.25, -0.2) is 14.1 Å². The van der Waals surface area contributed by atoms with Crippen LogP contribution in [-0.4, -0.2) is 20.5 Å².